The van der Waals surface area contributed by atoms with Gasteiger partial charge in [-0.25, -0.2) is 0 Å². The van der Waals surface area contributed by atoms with Crippen molar-refractivity contribution in [2.24, 2.45) is 0 Å². The minimum absolute atomic E-state index is 0.239. The van der Waals surface area contributed by atoms with Crippen molar-refractivity contribution in [2.75, 3.05) is 25.2 Å². The summed E-state index contributed by atoms with van der Waals surface area (Å²) in [6.07, 6.45) is 3.19. The van der Waals surface area contributed by atoms with E-state index in [1.807, 2.05) is 16.7 Å². The molecule has 1 atom stereocenters. The fraction of sp³-hybridized carbons (Fsp3) is 0.875. The van der Waals surface area contributed by atoms with E-state index >= 15 is 0 Å². The molecule has 0 aromatic carbocycles. The van der Waals surface area contributed by atoms with E-state index in [1.165, 1.54) is 0 Å². The fourth-order valence-electron chi connectivity index (χ4n) is 1.32. The van der Waals surface area contributed by atoms with Crippen LogP contribution in [0.5, 0.6) is 0 Å². The molecule has 3 nitrogen and oxygen atoms in total. The van der Waals surface area contributed by atoms with Gasteiger partial charge in [-0.1, -0.05) is 0 Å². The van der Waals surface area contributed by atoms with Crippen LogP contribution in [0.2, 0.25) is 0 Å². The van der Waals surface area contributed by atoms with Gasteiger partial charge in [0.1, 0.15) is 0 Å². The number of carbonyl (C=O) groups is 1. The van der Waals surface area contributed by atoms with Crippen LogP contribution in [0.25, 0.3) is 0 Å². The van der Waals surface area contributed by atoms with Gasteiger partial charge in [0.25, 0.3) is 0 Å². The Morgan fingerprint density at radius 1 is 1.75 bits per heavy atom. The van der Waals surface area contributed by atoms with Crippen molar-refractivity contribution in [3.8, 4) is 0 Å². The Balaban J connectivity index is 2.30. The molecule has 0 saturated carbocycles. The van der Waals surface area contributed by atoms with E-state index in [9.17, 15) is 4.79 Å². The Hall–Kier alpha value is -0.220. The molecule has 1 amide bonds. The van der Waals surface area contributed by atoms with Crippen LogP contribution >= 0.6 is 11.8 Å². The third-order valence-electron chi connectivity index (χ3n) is 2.15. The van der Waals surface area contributed by atoms with Crippen LogP contribution in [-0.2, 0) is 4.79 Å². The molecule has 0 aliphatic carbocycles. The first-order chi connectivity index (χ1) is 5.75. The number of amides is 1. The number of hydrogen-bond donors (Lipinski definition) is 1. The van der Waals surface area contributed by atoms with E-state index in [0.29, 0.717) is 12.6 Å². The van der Waals surface area contributed by atoms with E-state index in [2.05, 4.69) is 18.5 Å². The normalized spacial score (nSPS) is 20.2. The van der Waals surface area contributed by atoms with Gasteiger partial charge in [0.15, 0.2) is 0 Å². The quantitative estimate of drug-likeness (QED) is 0.698. The van der Waals surface area contributed by atoms with Crippen LogP contribution in [0.3, 0.4) is 0 Å². The topological polar surface area (TPSA) is 32.3 Å². The maximum absolute atomic E-state index is 11.2. The summed E-state index contributed by atoms with van der Waals surface area (Å²) in [6.45, 7) is 3.36. The number of thioether (sulfide) groups is 1. The highest BCUT2D eigenvalue weighted by atomic mass is 32.2. The third-order valence-corrected chi connectivity index (χ3v) is 2.79. The van der Waals surface area contributed by atoms with Gasteiger partial charge in [-0.2, -0.15) is 11.8 Å². The monoisotopic (exact) mass is 188 g/mol. The molecular formula is C8H16N2OS. The standard InChI is InChI=1S/C8H16N2OS/c1-7(3-4-12-2)10-6-9-5-8(10)11/h7,9H,3-6H2,1-2H3. The highest BCUT2D eigenvalue weighted by molar-refractivity contribution is 7.98. The molecule has 0 spiro atoms. The maximum atomic E-state index is 11.2. The number of nitrogens with one attached hydrogen (secondary N) is 1. The lowest BCUT2D eigenvalue weighted by Gasteiger charge is -2.22. The Morgan fingerprint density at radius 2 is 2.50 bits per heavy atom. The average Bonchev–Trinajstić information content (AvgIpc) is 2.47. The molecular weight excluding hydrogens is 172 g/mol. The van der Waals surface area contributed by atoms with E-state index in [1.54, 1.807) is 0 Å². The molecule has 12 heavy (non-hydrogen) atoms. The number of hydrogen-bond acceptors (Lipinski definition) is 3. The minimum Gasteiger partial charge on any atom is -0.326 e. The highest BCUT2D eigenvalue weighted by Crippen LogP contribution is 2.09. The van der Waals surface area contributed by atoms with Gasteiger partial charge < -0.3 is 4.90 Å². The molecule has 4 heteroatoms. The molecule has 1 aliphatic heterocycles. The smallest absolute Gasteiger partial charge is 0.237 e. The Bertz CT molecular complexity index is 163. The summed E-state index contributed by atoms with van der Waals surface area (Å²) in [4.78, 5) is 13.1. The van der Waals surface area contributed by atoms with Crippen LogP contribution in [0, 0.1) is 0 Å². The van der Waals surface area contributed by atoms with Gasteiger partial charge in [-0.15, -0.1) is 0 Å². The van der Waals surface area contributed by atoms with Crippen LogP contribution in [0.15, 0.2) is 0 Å². The Morgan fingerprint density at radius 3 is 3.00 bits per heavy atom. The summed E-state index contributed by atoms with van der Waals surface area (Å²) < 4.78 is 0. The lowest BCUT2D eigenvalue weighted by atomic mass is 10.2. The maximum Gasteiger partial charge on any atom is 0.237 e. The minimum atomic E-state index is 0.239. The second kappa shape index (κ2) is 4.72. The number of carbonyl (C=O) groups excluding carboxylic acids is 1. The number of nitrogens with zero attached hydrogens (tertiary/aromatic N) is 1. The first kappa shape index (κ1) is 9.86. The van der Waals surface area contributed by atoms with Crippen LogP contribution in [0.4, 0.5) is 0 Å². The summed E-state index contributed by atoms with van der Waals surface area (Å²) >= 11 is 1.83. The molecule has 1 fully saturated rings. The SMILES string of the molecule is CSCCC(C)N1CNCC1=O. The van der Waals surface area contributed by atoms with Crippen molar-refractivity contribution >= 4 is 17.7 Å². The zero-order valence-electron chi connectivity index (χ0n) is 7.67. The molecule has 0 radical (unpaired) electrons. The van der Waals surface area contributed by atoms with Crippen molar-refractivity contribution in [3.05, 3.63) is 0 Å². The fourth-order valence-corrected chi connectivity index (χ4v) is 1.90. The van der Waals surface area contributed by atoms with E-state index < -0.39 is 0 Å². The Labute approximate surface area is 77.9 Å². The molecule has 1 N–H and O–H groups in total. The summed E-state index contributed by atoms with van der Waals surface area (Å²) in [6, 6.07) is 0.389. The molecule has 0 aromatic heterocycles. The molecule has 1 rings (SSSR count). The average molecular weight is 188 g/mol. The van der Waals surface area contributed by atoms with E-state index in [-0.39, 0.29) is 5.91 Å². The van der Waals surface area contributed by atoms with Crippen molar-refractivity contribution in [2.45, 2.75) is 19.4 Å². The second-order valence-electron chi connectivity index (χ2n) is 3.08. The molecule has 0 bridgehead atoms. The summed E-state index contributed by atoms with van der Waals surface area (Å²) in [5, 5.41) is 3.05. The predicted octanol–water partition coefficient (Wildman–Crippen LogP) is 0.517. The Kier molecular flexibility index (Phi) is 3.88. The molecule has 1 saturated heterocycles. The second-order valence-corrected chi connectivity index (χ2v) is 4.06. The largest absolute Gasteiger partial charge is 0.326 e. The molecule has 1 heterocycles. The summed E-state index contributed by atoms with van der Waals surface area (Å²) in [5.41, 5.74) is 0. The molecule has 1 aliphatic rings. The first-order valence-corrected chi connectivity index (χ1v) is 5.64. The van der Waals surface area contributed by atoms with Gasteiger partial charge in [0, 0.05) is 6.04 Å². The lowest BCUT2D eigenvalue weighted by molar-refractivity contribution is -0.128. The van der Waals surface area contributed by atoms with Crippen LogP contribution < -0.4 is 5.32 Å². The summed E-state index contributed by atoms with van der Waals surface area (Å²) in [5.74, 6) is 1.37. The van der Waals surface area contributed by atoms with E-state index in [0.717, 1.165) is 18.8 Å². The van der Waals surface area contributed by atoms with Gasteiger partial charge in [-0.3, -0.25) is 10.1 Å². The number of rotatable bonds is 4. The van der Waals surface area contributed by atoms with Crippen molar-refractivity contribution < 1.29 is 4.79 Å². The molecule has 1 unspecified atom stereocenters. The van der Waals surface area contributed by atoms with Crippen LogP contribution in [-0.4, -0.2) is 42.1 Å². The van der Waals surface area contributed by atoms with Crippen LogP contribution in [0.1, 0.15) is 13.3 Å². The van der Waals surface area contributed by atoms with Crippen molar-refractivity contribution in [1.29, 1.82) is 0 Å². The van der Waals surface area contributed by atoms with Gasteiger partial charge >= 0.3 is 0 Å². The molecule has 70 valence electrons. The third kappa shape index (κ3) is 2.38. The summed E-state index contributed by atoms with van der Waals surface area (Å²) in [7, 11) is 0. The van der Waals surface area contributed by atoms with Gasteiger partial charge in [-0.05, 0) is 25.4 Å². The first-order valence-electron chi connectivity index (χ1n) is 4.25. The lowest BCUT2D eigenvalue weighted by Crippen LogP contribution is -2.35. The van der Waals surface area contributed by atoms with Gasteiger partial charge in [0.05, 0.1) is 13.2 Å². The van der Waals surface area contributed by atoms with Gasteiger partial charge in [0.2, 0.25) is 5.91 Å². The zero-order chi connectivity index (χ0) is 8.97. The molecule has 0 aromatic rings. The van der Waals surface area contributed by atoms with Crippen molar-refractivity contribution in [1.82, 2.24) is 10.2 Å². The van der Waals surface area contributed by atoms with Crippen molar-refractivity contribution in [3.63, 3.8) is 0 Å². The zero-order valence-corrected chi connectivity index (χ0v) is 8.49. The van der Waals surface area contributed by atoms with E-state index in [4.69, 9.17) is 0 Å². The predicted molar refractivity (Wildman–Crippen MR) is 52.2 cm³/mol. The highest BCUT2D eigenvalue weighted by Gasteiger charge is 2.23.